The first-order chi connectivity index (χ1) is 10.7. The maximum Gasteiger partial charge on any atom is 0.220 e. The van der Waals surface area contributed by atoms with Gasteiger partial charge in [-0.3, -0.25) is 4.79 Å². The molecule has 1 aromatic rings. The summed E-state index contributed by atoms with van der Waals surface area (Å²) in [6.45, 7) is 4.49. The van der Waals surface area contributed by atoms with Crippen LogP contribution in [0.4, 0.5) is 0 Å². The number of hydrogen-bond acceptors (Lipinski definition) is 2. The van der Waals surface area contributed by atoms with Crippen molar-refractivity contribution in [3.8, 4) is 0 Å². The Hall–Kier alpha value is -1.06. The monoisotopic (exact) mass is 322 g/mol. The van der Waals surface area contributed by atoms with E-state index in [0.29, 0.717) is 6.42 Å². The molecule has 1 aromatic carbocycles. The molecular formula is C18H27ClN2O. The van der Waals surface area contributed by atoms with Gasteiger partial charge in [-0.2, -0.15) is 0 Å². The van der Waals surface area contributed by atoms with Crippen LogP contribution >= 0.6 is 11.6 Å². The van der Waals surface area contributed by atoms with Gasteiger partial charge in [0.15, 0.2) is 0 Å². The van der Waals surface area contributed by atoms with Crippen LogP contribution in [0.1, 0.15) is 44.1 Å². The molecule has 1 aliphatic rings. The second-order valence-corrected chi connectivity index (χ2v) is 6.52. The molecule has 1 fully saturated rings. The minimum absolute atomic E-state index is 0.146. The van der Waals surface area contributed by atoms with Crippen LogP contribution in [0.5, 0.6) is 0 Å². The van der Waals surface area contributed by atoms with E-state index in [-0.39, 0.29) is 5.91 Å². The van der Waals surface area contributed by atoms with Gasteiger partial charge in [0, 0.05) is 18.0 Å². The lowest BCUT2D eigenvalue weighted by Gasteiger charge is -2.26. The van der Waals surface area contributed by atoms with E-state index in [1.165, 1.54) is 45.3 Å². The molecule has 2 rings (SSSR count). The Morgan fingerprint density at radius 1 is 1.09 bits per heavy atom. The number of carbonyl (C=O) groups excluding carboxylic acids is 1. The zero-order valence-electron chi connectivity index (χ0n) is 13.3. The molecule has 0 bridgehead atoms. The van der Waals surface area contributed by atoms with Crippen molar-refractivity contribution in [2.24, 2.45) is 0 Å². The van der Waals surface area contributed by atoms with Crippen molar-refractivity contribution >= 4 is 17.5 Å². The zero-order chi connectivity index (χ0) is 15.6. The van der Waals surface area contributed by atoms with E-state index in [4.69, 9.17) is 11.6 Å². The number of amides is 1. The summed E-state index contributed by atoms with van der Waals surface area (Å²) in [5, 5.41) is 3.76. The smallest absolute Gasteiger partial charge is 0.220 e. The maximum atomic E-state index is 11.8. The third-order valence-electron chi connectivity index (χ3n) is 4.23. The predicted octanol–water partition coefficient (Wildman–Crippen LogP) is 3.65. The van der Waals surface area contributed by atoms with Crippen molar-refractivity contribution in [3.63, 3.8) is 0 Å². The summed E-state index contributed by atoms with van der Waals surface area (Å²) in [4.78, 5) is 14.3. The quantitative estimate of drug-likeness (QED) is 0.741. The number of nitrogens with zero attached hydrogens (tertiary/aromatic N) is 1. The summed E-state index contributed by atoms with van der Waals surface area (Å²) in [6, 6.07) is 7.70. The number of aryl methyl sites for hydroxylation is 1. The molecule has 0 saturated carbocycles. The largest absolute Gasteiger partial charge is 0.356 e. The van der Waals surface area contributed by atoms with Crippen molar-refractivity contribution < 1.29 is 4.79 Å². The van der Waals surface area contributed by atoms with Crippen LogP contribution in [0.15, 0.2) is 24.3 Å². The summed E-state index contributed by atoms with van der Waals surface area (Å²) in [5.41, 5.74) is 1.16. The van der Waals surface area contributed by atoms with E-state index in [1.807, 2.05) is 24.3 Å². The average Bonchev–Trinajstić information content (AvgIpc) is 2.55. The molecule has 22 heavy (non-hydrogen) atoms. The number of hydrogen-bond donors (Lipinski definition) is 1. The third-order valence-corrected chi connectivity index (χ3v) is 4.48. The van der Waals surface area contributed by atoms with Gasteiger partial charge in [0.1, 0.15) is 0 Å². The molecule has 1 N–H and O–H groups in total. The lowest BCUT2D eigenvalue weighted by molar-refractivity contribution is -0.121. The Morgan fingerprint density at radius 2 is 1.82 bits per heavy atom. The van der Waals surface area contributed by atoms with Gasteiger partial charge in [-0.25, -0.2) is 0 Å². The molecule has 1 aliphatic heterocycles. The van der Waals surface area contributed by atoms with Crippen molar-refractivity contribution in [1.29, 1.82) is 0 Å². The molecule has 0 spiro atoms. The fourth-order valence-electron chi connectivity index (χ4n) is 2.87. The number of halogens is 1. The lowest BCUT2D eigenvalue weighted by atomic mass is 10.1. The number of benzene rings is 1. The van der Waals surface area contributed by atoms with Gasteiger partial charge >= 0.3 is 0 Å². The number of carbonyl (C=O) groups is 1. The first-order valence-corrected chi connectivity index (χ1v) is 8.85. The van der Waals surface area contributed by atoms with E-state index < -0.39 is 0 Å². The van der Waals surface area contributed by atoms with Gasteiger partial charge in [0.2, 0.25) is 5.91 Å². The van der Waals surface area contributed by atoms with E-state index in [0.717, 1.165) is 30.0 Å². The Labute approximate surface area is 139 Å². The normalized spacial score (nSPS) is 15.7. The van der Waals surface area contributed by atoms with Gasteiger partial charge in [-0.05, 0) is 69.4 Å². The highest BCUT2D eigenvalue weighted by atomic mass is 35.5. The second kappa shape index (κ2) is 9.86. The summed E-state index contributed by atoms with van der Waals surface area (Å²) >= 11 is 5.85. The molecule has 1 heterocycles. The summed E-state index contributed by atoms with van der Waals surface area (Å²) in [7, 11) is 0. The maximum absolute atomic E-state index is 11.8. The molecule has 0 unspecified atom stereocenters. The standard InChI is InChI=1S/C18H27ClN2O/c19-17-9-6-16(7-10-17)8-11-18(22)20-12-2-5-15-21-13-3-1-4-14-21/h6-7,9-10H,1-5,8,11-15H2,(H,20,22). The number of nitrogens with one attached hydrogen (secondary N) is 1. The molecule has 0 aliphatic carbocycles. The first kappa shape index (κ1) is 17.3. The van der Waals surface area contributed by atoms with Gasteiger partial charge in [-0.15, -0.1) is 0 Å². The summed E-state index contributed by atoms with van der Waals surface area (Å²) in [5.74, 6) is 0.146. The van der Waals surface area contributed by atoms with Crippen molar-refractivity contribution in [1.82, 2.24) is 10.2 Å². The molecule has 1 saturated heterocycles. The number of rotatable bonds is 8. The van der Waals surface area contributed by atoms with E-state index >= 15 is 0 Å². The van der Waals surface area contributed by atoms with Crippen LogP contribution in [-0.4, -0.2) is 37.0 Å². The van der Waals surface area contributed by atoms with Gasteiger partial charge < -0.3 is 10.2 Å². The molecule has 0 atom stereocenters. The summed E-state index contributed by atoms with van der Waals surface area (Å²) < 4.78 is 0. The average molecular weight is 323 g/mol. The molecular weight excluding hydrogens is 296 g/mol. The van der Waals surface area contributed by atoms with Crippen molar-refractivity contribution in [2.45, 2.75) is 44.9 Å². The fraction of sp³-hybridized carbons (Fsp3) is 0.611. The van der Waals surface area contributed by atoms with E-state index in [2.05, 4.69) is 10.2 Å². The van der Waals surface area contributed by atoms with E-state index in [9.17, 15) is 4.79 Å². The van der Waals surface area contributed by atoms with Crippen LogP contribution in [0.25, 0.3) is 0 Å². The van der Waals surface area contributed by atoms with E-state index in [1.54, 1.807) is 0 Å². The second-order valence-electron chi connectivity index (χ2n) is 6.09. The van der Waals surface area contributed by atoms with Gasteiger partial charge in [-0.1, -0.05) is 30.2 Å². The van der Waals surface area contributed by atoms with Crippen LogP contribution in [0.3, 0.4) is 0 Å². The highest BCUT2D eigenvalue weighted by molar-refractivity contribution is 6.30. The molecule has 1 amide bonds. The van der Waals surface area contributed by atoms with Crippen LogP contribution in [-0.2, 0) is 11.2 Å². The van der Waals surface area contributed by atoms with Gasteiger partial charge in [0.05, 0.1) is 0 Å². The number of piperidine rings is 1. The fourth-order valence-corrected chi connectivity index (χ4v) is 2.99. The first-order valence-electron chi connectivity index (χ1n) is 8.47. The van der Waals surface area contributed by atoms with Crippen LogP contribution in [0.2, 0.25) is 5.02 Å². The molecule has 0 radical (unpaired) electrons. The van der Waals surface area contributed by atoms with Crippen LogP contribution < -0.4 is 5.32 Å². The molecule has 122 valence electrons. The number of likely N-dealkylation sites (tertiary alicyclic amines) is 1. The SMILES string of the molecule is O=C(CCc1ccc(Cl)cc1)NCCCCN1CCCCC1. The number of unbranched alkanes of at least 4 members (excludes halogenated alkanes) is 1. The molecule has 3 nitrogen and oxygen atoms in total. The van der Waals surface area contributed by atoms with Crippen LogP contribution in [0, 0.1) is 0 Å². The Balaban J connectivity index is 1.49. The molecule has 4 heteroatoms. The predicted molar refractivity (Wildman–Crippen MR) is 92.3 cm³/mol. The minimum Gasteiger partial charge on any atom is -0.356 e. The third kappa shape index (κ3) is 6.80. The lowest BCUT2D eigenvalue weighted by Crippen LogP contribution is -2.31. The highest BCUT2D eigenvalue weighted by Crippen LogP contribution is 2.11. The highest BCUT2D eigenvalue weighted by Gasteiger charge is 2.09. The molecule has 0 aromatic heterocycles. The van der Waals surface area contributed by atoms with Gasteiger partial charge in [0.25, 0.3) is 0 Å². The topological polar surface area (TPSA) is 32.3 Å². The Bertz CT molecular complexity index is 441. The summed E-state index contributed by atoms with van der Waals surface area (Å²) in [6.07, 6.45) is 7.66. The van der Waals surface area contributed by atoms with Crippen molar-refractivity contribution in [3.05, 3.63) is 34.9 Å². The minimum atomic E-state index is 0.146. The Morgan fingerprint density at radius 3 is 2.55 bits per heavy atom. The van der Waals surface area contributed by atoms with Crippen molar-refractivity contribution in [2.75, 3.05) is 26.2 Å². The Kier molecular flexibility index (Phi) is 7.75. The zero-order valence-corrected chi connectivity index (χ0v) is 14.1.